The molecule has 2 aromatic rings. The van der Waals surface area contributed by atoms with Crippen LogP contribution in [-0.2, 0) is 13.1 Å². The Morgan fingerprint density at radius 3 is 2.50 bits per heavy atom. The maximum Gasteiger partial charge on any atom is 0.0410 e. The van der Waals surface area contributed by atoms with E-state index in [4.69, 9.17) is 17.3 Å². The molecule has 0 spiro atoms. The highest BCUT2D eigenvalue weighted by Crippen LogP contribution is 2.31. The van der Waals surface area contributed by atoms with E-state index in [1.165, 1.54) is 18.4 Å². The van der Waals surface area contributed by atoms with E-state index < -0.39 is 0 Å². The Kier molecular flexibility index (Phi) is 3.95. The number of rotatable bonds is 5. The first-order valence-electron chi connectivity index (χ1n) is 7.04. The standard InChI is InChI=1S/C17H19ClN2/c18-15-6-9-17(19)14(10-15)12-20(16-7-8-16)11-13-4-2-1-3-5-13/h1-6,9-10,16H,7-8,11-12,19H2. The summed E-state index contributed by atoms with van der Waals surface area (Å²) in [5.74, 6) is 0. The SMILES string of the molecule is Nc1ccc(Cl)cc1CN(Cc1ccccc1)C1CC1. The number of nitrogens with two attached hydrogens (primary N) is 1. The Morgan fingerprint density at radius 1 is 1.05 bits per heavy atom. The van der Waals surface area contributed by atoms with Gasteiger partial charge in [0.25, 0.3) is 0 Å². The largest absolute Gasteiger partial charge is 0.398 e. The van der Waals surface area contributed by atoms with E-state index in [2.05, 4.69) is 35.2 Å². The van der Waals surface area contributed by atoms with Gasteiger partial charge in [0.1, 0.15) is 0 Å². The molecular formula is C17H19ClN2. The van der Waals surface area contributed by atoms with Crippen LogP contribution >= 0.6 is 11.6 Å². The van der Waals surface area contributed by atoms with E-state index in [0.717, 1.165) is 29.4 Å². The van der Waals surface area contributed by atoms with Gasteiger partial charge in [-0.05, 0) is 42.2 Å². The van der Waals surface area contributed by atoms with Crippen molar-refractivity contribution in [2.45, 2.75) is 32.0 Å². The zero-order valence-electron chi connectivity index (χ0n) is 11.4. The molecule has 0 radical (unpaired) electrons. The molecule has 0 unspecified atom stereocenters. The Balaban J connectivity index is 1.76. The van der Waals surface area contributed by atoms with E-state index in [1.807, 2.05) is 18.2 Å². The number of benzene rings is 2. The lowest BCUT2D eigenvalue weighted by atomic mass is 10.1. The number of hydrogen-bond donors (Lipinski definition) is 1. The third kappa shape index (κ3) is 3.33. The Hall–Kier alpha value is -1.51. The molecule has 1 saturated carbocycles. The van der Waals surface area contributed by atoms with Crippen LogP contribution in [0.1, 0.15) is 24.0 Å². The summed E-state index contributed by atoms with van der Waals surface area (Å²) in [6.07, 6.45) is 2.57. The third-order valence-electron chi connectivity index (χ3n) is 3.77. The molecule has 0 aliphatic heterocycles. The van der Waals surface area contributed by atoms with Crippen molar-refractivity contribution in [1.82, 2.24) is 4.90 Å². The first-order valence-corrected chi connectivity index (χ1v) is 7.42. The van der Waals surface area contributed by atoms with E-state index in [9.17, 15) is 0 Å². The van der Waals surface area contributed by atoms with E-state index in [0.29, 0.717) is 6.04 Å². The van der Waals surface area contributed by atoms with Gasteiger partial charge in [-0.1, -0.05) is 41.9 Å². The topological polar surface area (TPSA) is 29.3 Å². The van der Waals surface area contributed by atoms with Crippen molar-refractivity contribution in [3.63, 3.8) is 0 Å². The van der Waals surface area contributed by atoms with Gasteiger partial charge >= 0.3 is 0 Å². The lowest BCUT2D eigenvalue weighted by Crippen LogP contribution is -2.25. The molecule has 1 aliphatic carbocycles. The maximum atomic E-state index is 6.08. The second-order valence-corrected chi connectivity index (χ2v) is 5.90. The van der Waals surface area contributed by atoms with Crippen LogP contribution in [0.2, 0.25) is 5.02 Å². The predicted octanol–water partition coefficient (Wildman–Crippen LogP) is 4.09. The van der Waals surface area contributed by atoms with E-state index in [-0.39, 0.29) is 0 Å². The van der Waals surface area contributed by atoms with Crippen molar-refractivity contribution in [2.75, 3.05) is 5.73 Å². The first-order chi connectivity index (χ1) is 9.72. The van der Waals surface area contributed by atoms with Crippen molar-refractivity contribution in [3.05, 3.63) is 64.7 Å². The molecule has 20 heavy (non-hydrogen) atoms. The summed E-state index contributed by atoms with van der Waals surface area (Å²) >= 11 is 6.08. The fourth-order valence-corrected chi connectivity index (χ4v) is 2.70. The predicted molar refractivity (Wildman–Crippen MR) is 84.6 cm³/mol. The second-order valence-electron chi connectivity index (χ2n) is 5.46. The van der Waals surface area contributed by atoms with Gasteiger partial charge in [0, 0.05) is 29.8 Å². The van der Waals surface area contributed by atoms with Gasteiger partial charge in [0.15, 0.2) is 0 Å². The molecule has 0 saturated heterocycles. The third-order valence-corrected chi connectivity index (χ3v) is 4.01. The summed E-state index contributed by atoms with van der Waals surface area (Å²) in [4.78, 5) is 2.50. The molecule has 2 nitrogen and oxygen atoms in total. The molecule has 2 N–H and O–H groups in total. The van der Waals surface area contributed by atoms with Crippen LogP contribution < -0.4 is 5.73 Å². The molecule has 2 aromatic carbocycles. The van der Waals surface area contributed by atoms with Crippen LogP contribution in [0.25, 0.3) is 0 Å². The van der Waals surface area contributed by atoms with Crippen LogP contribution in [0.3, 0.4) is 0 Å². The highest BCUT2D eigenvalue weighted by atomic mass is 35.5. The molecule has 1 aliphatic rings. The Bertz CT molecular complexity index is 579. The van der Waals surface area contributed by atoms with Gasteiger partial charge in [0.2, 0.25) is 0 Å². The number of halogens is 1. The van der Waals surface area contributed by atoms with Gasteiger partial charge < -0.3 is 5.73 Å². The quantitative estimate of drug-likeness (QED) is 0.839. The molecule has 0 amide bonds. The smallest absolute Gasteiger partial charge is 0.0410 e. The fourth-order valence-electron chi connectivity index (χ4n) is 2.50. The molecule has 3 heteroatoms. The molecule has 0 atom stereocenters. The zero-order valence-corrected chi connectivity index (χ0v) is 12.2. The lowest BCUT2D eigenvalue weighted by Gasteiger charge is -2.23. The van der Waals surface area contributed by atoms with Gasteiger partial charge in [-0.2, -0.15) is 0 Å². The van der Waals surface area contributed by atoms with E-state index in [1.54, 1.807) is 0 Å². The maximum absolute atomic E-state index is 6.08. The van der Waals surface area contributed by atoms with Crippen molar-refractivity contribution >= 4 is 17.3 Å². The molecule has 0 bridgehead atoms. The highest BCUT2D eigenvalue weighted by Gasteiger charge is 2.29. The summed E-state index contributed by atoms with van der Waals surface area (Å²) in [5, 5.41) is 0.754. The van der Waals surface area contributed by atoms with Crippen molar-refractivity contribution in [2.24, 2.45) is 0 Å². The summed E-state index contributed by atoms with van der Waals surface area (Å²) in [6, 6.07) is 17.0. The van der Waals surface area contributed by atoms with Gasteiger partial charge in [-0.15, -0.1) is 0 Å². The van der Waals surface area contributed by atoms with Crippen LogP contribution in [0.4, 0.5) is 5.69 Å². The van der Waals surface area contributed by atoms with Crippen LogP contribution in [0.5, 0.6) is 0 Å². The Labute approximate surface area is 125 Å². The van der Waals surface area contributed by atoms with Crippen molar-refractivity contribution in [1.29, 1.82) is 0 Å². The first kappa shape index (κ1) is 13.5. The lowest BCUT2D eigenvalue weighted by molar-refractivity contribution is 0.246. The molecule has 104 valence electrons. The molecular weight excluding hydrogens is 268 g/mol. The number of nitrogens with zero attached hydrogens (tertiary/aromatic N) is 1. The van der Waals surface area contributed by atoms with Crippen molar-refractivity contribution in [3.8, 4) is 0 Å². The van der Waals surface area contributed by atoms with Crippen LogP contribution in [-0.4, -0.2) is 10.9 Å². The van der Waals surface area contributed by atoms with Gasteiger partial charge in [0.05, 0.1) is 0 Å². The monoisotopic (exact) mass is 286 g/mol. The minimum absolute atomic E-state index is 0.689. The highest BCUT2D eigenvalue weighted by molar-refractivity contribution is 6.30. The second kappa shape index (κ2) is 5.86. The van der Waals surface area contributed by atoms with Gasteiger partial charge in [-0.3, -0.25) is 4.90 Å². The average molecular weight is 287 g/mol. The summed E-state index contributed by atoms with van der Waals surface area (Å²) < 4.78 is 0. The average Bonchev–Trinajstić information content (AvgIpc) is 3.28. The minimum Gasteiger partial charge on any atom is -0.398 e. The van der Waals surface area contributed by atoms with Gasteiger partial charge in [-0.25, -0.2) is 0 Å². The molecule has 1 fully saturated rings. The van der Waals surface area contributed by atoms with Crippen molar-refractivity contribution < 1.29 is 0 Å². The van der Waals surface area contributed by atoms with Crippen LogP contribution in [0.15, 0.2) is 48.5 Å². The summed E-state index contributed by atoms with van der Waals surface area (Å²) in [6.45, 7) is 1.84. The summed E-state index contributed by atoms with van der Waals surface area (Å²) in [7, 11) is 0. The number of anilines is 1. The fraction of sp³-hybridized carbons (Fsp3) is 0.294. The molecule has 0 aromatic heterocycles. The normalized spacial score (nSPS) is 14.7. The van der Waals surface area contributed by atoms with E-state index >= 15 is 0 Å². The van der Waals surface area contributed by atoms with Crippen LogP contribution in [0, 0.1) is 0 Å². The molecule has 3 rings (SSSR count). The molecule has 0 heterocycles. The Morgan fingerprint density at radius 2 is 1.80 bits per heavy atom. The minimum atomic E-state index is 0.689. The summed E-state index contributed by atoms with van der Waals surface area (Å²) in [5.41, 5.74) is 9.37. The zero-order chi connectivity index (χ0) is 13.9. The number of nitrogen functional groups attached to an aromatic ring is 1. The number of hydrogen-bond acceptors (Lipinski definition) is 2.